The number of hydrazine groups is 1. The predicted molar refractivity (Wildman–Crippen MR) is 113 cm³/mol. The number of halogens is 3. The van der Waals surface area contributed by atoms with Crippen molar-refractivity contribution in [2.75, 3.05) is 5.43 Å². The summed E-state index contributed by atoms with van der Waals surface area (Å²) in [6.45, 7) is 0. The van der Waals surface area contributed by atoms with Gasteiger partial charge in [-0.1, -0.05) is 46.6 Å². The van der Waals surface area contributed by atoms with Gasteiger partial charge >= 0.3 is 0 Å². The Morgan fingerprint density at radius 2 is 1.74 bits per heavy atom. The Hall–Kier alpha value is -1.84. The number of nitrogens with one attached hydrogen (secondary N) is 1. The number of carbonyl (C=O) groups is 1. The van der Waals surface area contributed by atoms with Crippen molar-refractivity contribution < 1.29 is 9.72 Å². The summed E-state index contributed by atoms with van der Waals surface area (Å²) in [5, 5.41) is 12.7. The largest absolute Gasteiger partial charge is 0.287 e. The molecule has 3 rings (SSSR count). The number of nitrogens with zero attached hydrogens (tertiary/aromatic N) is 2. The minimum atomic E-state index is -0.493. The lowest BCUT2D eigenvalue weighted by Gasteiger charge is -2.19. The van der Waals surface area contributed by atoms with E-state index in [-0.39, 0.29) is 20.1 Å². The summed E-state index contributed by atoms with van der Waals surface area (Å²) >= 11 is 24.5. The zero-order valence-corrected chi connectivity index (χ0v) is 17.0. The minimum absolute atomic E-state index is 0.0339. The lowest BCUT2D eigenvalue weighted by molar-refractivity contribution is -0.384. The van der Waals surface area contributed by atoms with Gasteiger partial charge in [0.05, 0.1) is 25.6 Å². The lowest BCUT2D eigenvalue weighted by Crippen LogP contribution is -2.34. The molecular formula is C16H8Cl3N3O3S2. The molecule has 1 aliphatic heterocycles. The fraction of sp³-hybridized carbons (Fsp3) is 0. The highest BCUT2D eigenvalue weighted by Gasteiger charge is 2.33. The summed E-state index contributed by atoms with van der Waals surface area (Å²) in [4.78, 5) is 23.2. The van der Waals surface area contributed by atoms with Crippen LogP contribution < -0.4 is 5.43 Å². The van der Waals surface area contributed by atoms with Crippen LogP contribution in [0.15, 0.2) is 41.3 Å². The molecule has 1 saturated heterocycles. The molecule has 1 fully saturated rings. The van der Waals surface area contributed by atoms with E-state index in [1.54, 1.807) is 18.2 Å². The van der Waals surface area contributed by atoms with Gasteiger partial charge in [-0.3, -0.25) is 20.3 Å². The summed E-state index contributed by atoms with van der Waals surface area (Å²) < 4.78 is 0.259. The maximum Gasteiger partial charge on any atom is 0.285 e. The van der Waals surface area contributed by atoms with E-state index < -0.39 is 10.8 Å². The highest BCUT2D eigenvalue weighted by atomic mass is 35.5. The number of hydrogen-bond acceptors (Lipinski definition) is 6. The minimum Gasteiger partial charge on any atom is -0.287 e. The normalized spacial score (nSPS) is 15.5. The van der Waals surface area contributed by atoms with Gasteiger partial charge in [0.15, 0.2) is 4.32 Å². The van der Waals surface area contributed by atoms with Gasteiger partial charge in [-0.25, -0.2) is 5.01 Å². The number of thioether (sulfide) groups is 1. The smallest absolute Gasteiger partial charge is 0.285 e. The molecule has 0 bridgehead atoms. The molecule has 27 heavy (non-hydrogen) atoms. The molecule has 0 atom stereocenters. The van der Waals surface area contributed by atoms with Crippen LogP contribution in [0, 0.1) is 10.1 Å². The number of anilines is 1. The molecular weight excluding hydrogens is 453 g/mol. The van der Waals surface area contributed by atoms with E-state index in [9.17, 15) is 14.9 Å². The van der Waals surface area contributed by atoms with Crippen molar-refractivity contribution in [3.63, 3.8) is 0 Å². The Bertz CT molecular complexity index is 973. The van der Waals surface area contributed by atoms with Crippen molar-refractivity contribution in [2.45, 2.75) is 0 Å². The van der Waals surface area contributed by atoms with Crippen molar-refractivity contribution in [2.24, 2.45) is 0 Å². The van der Waals surface area contributed by atoms with Crippen molar-refractivity contribution in [1.82, 2.24) is 5.01 Å². The second-order valence-corrected chi connectivity index (χ2v) is 8.15. The molecule has 1 heterocycles. The molecule has 0 aromatic heterocycles. The molecule has 0 unspecified atom stereocenters. The van der Waals surface area contributed by atoms with Crippen LogP contribution in [-0.4, -0.2) is 20.2 Å². The SMILES string of the molecule is O=C1/C(=C\c2ccc([N+](=O)[O-])cc2)SC(=S)N1Nc1c(Cl)cc(Cl)cc1Cl. The number of benzene rings is 2. The van der Waals surface area contributed by atoms with Gasteiger partial charge in [0.1, 0.15) is 0 Å². The molecule has 0 spiro atoms. The molecule has 1 amide bonds. The number of hydrogen-bond donors (Lipinski definition) is 1. The molecule has 138 valence electrons. The van der Waals surface area contributed by atoms with Crippen molar-refractivity contribution in [1.29, 1.82) is 0 Å². The third kappa shape index (κ3) is 4.36. The summed E-state index contributed by atoms with van der Waals surface area (Å²) in [7, 11) is 0. The van der Waals surface area contributed by atoms with Crippen LogP contribution in [-0.2, 0) is 4.79 Å². The summed E-state index contributed by atoms with van der Waals surface area (Å²) in [6, 6.07) is 8.79. The number of nitro benzene ring substituents is 1. The Balaban J connectivity index is 1.84. The number of carbonyl (C=O) groups excluding carboxylic acids is 1. The maximum atomic E-state index is 12.7. The van der Waals surface area contributed by atoms with Crippen molar-refractivity contribution in [3.8, 4) is 0 Å². The monoisotopic (exact) mass is 459 g/mol. The van der Waals surface area contributed by atoms with Gasteiger partial charge in [0.2, 0.25) is 0 Å². The van der Waals surface area contributed by atoms with Gasteiger partial charge in [-0.05, 0) is 48.1 Å². The van der Waals surface area contributed by atoms with E-state index in [0.29, 0.717) is 21.2 Å². The average molecular weight is 461 g/mol. The van der Waals surface area contributed by atoms with E-state index in [1.165, 1.54) is 24.3 Å². The van der Waals surface area contributed by atoms with E-state index in [1.807, 2.05) is 0 Å². The van der Waals surface area contributed by atoms with Gasteiger partial charge in [-0.15, -0.1) is 0 Å². The van der Waals surface area contributed by atoms with Crippen LogP contribution in [0.4, 0.5) is 11.4 Å². The summed E-state index contributed by atoms with van der Waals surface area (Å²) in [6.07, 6.45) is 1.59. The van der Waals surface area contributed by atoms with Crippen LogP contribution in [0.25, 0.3) is 6.08 Å². The number of amides is 1. The highest BCUT2D eigenvalue weighted by Crippen LogP contribution is 2.38. The number of thiocarbonyl (C=S) groups is 1. The first kappa shape index (κ1) is 19.9. The molecule has 2 aromatic carbocycles. The van der Waals surface area contributed by atoms with Crippen LogP contribution in [0.3, 0.4) is 0 Å². The fourth-order valence-corrected chi connectivity index (χ4v) is 4.25. The Morgan fingerprint density at radius 3 is 2.30 bits per heavy atom. The third-order valence-electron chi connectivity index (χ3n) is 3.43. The second kappa shape index (κ2) is 8.04. The zero-order chi connectivity index (χ0) is 19.7. The number of rotatable bonds is 4. The Kier molecular flexibility index (Phi) is 5.92. The van der Waals surface area contributed by atoms with E-state index in [2.05, 4.69) is 5.43 Å². The van der Waals surface area contributed by atoms with E-state index >= 15 is 0 Å². The standard InChI is InChI=1S/C16H8Cl3N3O3S2/c17-9-6-11(18)14(12(19)7-9)20-21-15(23)13(27-16(21)26)5-8-1-3-10(4-2-8)22(24)25/h1-7,20H/b13-5+. The van der Waals surface area contributed by atoms with Crippen LogP contribution in [0.2, 0.25) is 15.1 Å². The first-order valence-corrected chi connectivity index (χ1v) is 9.56. The molecule has 2 aromatic rings. The van der Waals surface area contributed by atoms with Gasteiger partial charge in [0, 0.05) is 17.2 Å². The van der Waals surface area contributed by atoms with Crippen LogP contribution in [0.1, 0.15) is 5.56 Å². The first-order chi connectivity index (χ1) is 12.8. The third-order valence-corrected chi connectivity index (χ3v) is 5.54. The lowest BCUT2D eigenvalue weighted by atomic mass is 10.2. The fourth-order valence-electron chi connectivity index (χ4n) is 2.17. The average Bonchev–Trinajstić information content (AvgIpc) is 2.85. The molecule has 11 heteroatoms. The summed E-state index contributed by atoms with van der Waals surface area (Å²) in [5.41, 5.74) is 3.71. The van der Waals surface area contributed by atoms with E-state index in [4.69, 9.17) is 47.0 Å². The molecule has 6 nitrogen and oxygen atoms in total. The van der Waals surface area contributed by atoms with Crippen LogP contribution >= 0.6 is 58.8 Å². The predicted octanol–water partition coefficient (Wildman–Crippen LogP) is 5.78. The Labute approximate surface area is 178 Å². The second-order valence-electron chi connectivity index (χ2n) is 5.22. The number of nitro groups is 1. The topological polar surface area (TPSA) is 75.5 Å². The summed E-state index contributed by atoms with van der Waals surface area (Å²) in [5.74, 6) is -0.398. The zero-order valence-electron chi connectivity index (χ0n) is 13.1. The Morgan fingerprint density at radius 1 is 1.15 bits per heavy atom. The maximum absolute atomic E-state index is 12.7. The van der Waals surface area contributed by atoms with Crippen molar-refractivity contribution in [3.05, 3.63) is 72.0 Å². The molecule has 1 N–H and O–H groups in total. The van der Waals surface area contributed by atoms with Crippen LogP contribution in [0.5, 0.6) is 0 Å². The first-order valence-electron chi connectivity index (χ1n) is 7.20. The molecule has 0 aliphatic carbocycles. The number of non-ortho nitro benzene ring substituents is 1. The molecule has 0 saturated carbocycles. The molecule has 1 aliphatic rings. The quantitative estimate of drug-likeness (QED) is 0.270. The highest BCUT2D eigenvalue weighted by molar-refractivity contribution is 8.26. The van der Waals surface area contributed by atoms with Crippen molar-refractivity contribution >= 4 is 86.5 Å². The molecule has 0 radical (unpaired) electrons. The van der Waals surface area contributed by atoms with Gasteiger partial charge in [0.25, 0.3) is 11.6 Å². The van der Waals surface area contributed by atoms with E-state index in [0.717, 1.165) is 16.8 Å². The van der Waals surface area contributed by atoms with Gasteiger partial charge in [-0.2, -0.15) is 0 Å². The van der Waals surface area contributed by atoms with Gasteiger partial charge < -0.3 is 0 Å².